The third-order valence-electron chi connectivity index (χ3n) is 4.43. The van der Waals surface area contributed by atoms with Crippen molar-refractivity contribution in [1.29, 1.82) is 0 Å². The average molecular weight is 390 g/mol. The minimum Gasteiger partial charge on any atom is -0.481 e. The molecule has 4 rings (SSSR count). The maximum Gasteiger partial charge on any atom is 0.242 e. The Balaban J connectivity index is 1.60. The molecule has 0 radical (unpaired) electrons. The molecule has 2 aromatic heterocycles. The Kier molecular flexibility index (Phi) is 4.66. The van der Waals surface area contributed by atoms with Gasteiger partial charge in [0.25, 0.3) is 0 Å². The highest BCUT2D eigenvalue weighted by atomic mass is 32.2. The lowest BCUT2D eigenvalue weighted by atomic mass is 10.1. The van der Waals surface area contributed by atoms with Crippen LogP contribution in [0.25, 0.3) is 10.1 Å². The van der Waals surface area contributed by atoms with E-state index in [1.165, 1.54) is 11.3 Å². The molecule has 0 saturated carbocycles. The summed E-state index contributed by atoms with van der Waals surface area (Å²) in [5.41, 5.74) is 0.825. The van der Waals surface area contributed by atoms with Gasteiger partial charge in [-0.05, 0) is 18.6 Å². The van der Waals surface area contributed by atoms with Crippen LogP contribution in [-0.4, -0.2) is 33.2 Å². The van der Waals surface area contributed by atoms with Crippen LogP contribution in [0, 0.1) is 0 Å². The van der Waals surface area contributed by atoms with Crippen molar-refractivity contribution in [2.75, 3.05) is 13.7 Å². The van der Waals surface area contributed by atoms with Crippen LogP contribution < -0.4 is 9.46 Å². The van der Waals surface area contributed by atoms with E-state index in [-0.39, 0.29) is 12.1 Å². The first-order valence-electron chi connectivity index (χ1n) is 8.18. The fourth-order valence-corrected chi connectivity index (χ4v) is 5.92. The fourth-order valence-electron chi connectivity index (χ4n) is 3.14. The van der Waals surface area contributed by atoms with E-state index in [0.717, 1.165) is 15.6 Å². The van der Waals surface area contributed by atoms with Crippen molar-refractivity contribution in [2.45, 2.75) is 23.5 Å². The molecule has 0 amide bonds. The monoisotopic (exact) mass is 390 g/mol. The molecule has 1 fully saturated rings. The van der Waals surface area contributed by atoms with Crippen molar-refractivity contribution < 1.29 is 17.9 Å². The predicted octanol–water partition coefficient (Wildman–Crippen LogP) is 3.11. The molecular weight excluding hydrogens is 372 g/mol. The maximum absolute atomic E-state index is 12.9. The zero-order valence-corrected chi connectivity index (χ0v) is 15.7. The molecule has 2 atom stereocenters. The number of pyridine rings is 1. The van der Waals surface area contributed by atoms with Crippen LogP contribution in [-0.2, 0) is 14.8 Å². The minimum absolute atomic E-state index is 0.316. The summed E-state index contributed by atoms with van der Waals surface area (Å²) in [5.74, 6) is 0.508. The smallest absolute Gasteiger partial charge is 0.242 e. The van der Waals surface area contributed by atoms with Gasteiger partial charge in [-0.25, -0.2) is 18.1 Å². The van der Waals surface area contributed by atoms with Crippen LogP contribution in [0.4, 0.5) is 0 Å². The molecule has 1 aliphatic heterocycles. The quantitative estimate of drug-likeness (QED) is 0.724. The molecule has 0 spiro atoms. The highest BCUT2D eigenvalue weighted by molar-refractivity contribution is 7.90. The van der Waals surface area contributed by atoms with Crippen LogP contribution >= 0.6 is 11.3 Å². The number of benzene rings is 1. The Labute approximate surface area is 155 Å². The van der Waals surface area contributed by atoms with Crippen molar-refractivity contribution in [1.82, 2.24) is 9.71 Å². The van der Waals surface area contributed by atoms with E-state index in [1.807, 2.05) is 30.3 Å². The topological polar surface area (TPSA) is 77.5 Å². The van der Waals surface area contributed by atoms with Crippen LogP contribution in [0.5, 0.6) is 5.88 Å². The molecule has 0 bridgehead atoms. The Hall–Kier alpha value is -2.00. The number of sulfonamides is 1. The molecule has 3 heterocycles. The normalized spacial score (nSPS) is 20.5. The summed E-state index contributed by atoms with van der Waals surface area (Å²) in [6.45, 7) is 0.494. The van der Waals surface area contributed by atoms with Crippen LogP contribution in [0.3, 0.4) is 0 Å². The average Bonchev–Trinajstić information content (AvgIpc) is 3.28. The second-order valence-corrected chi connectivity index (χ2v) is 8.63. The highest BCUT2D eigenvalue weighted by Gasteiger charge is 2.34. The molecule has 26 heavy (non-hydrogen) atoms. The molecule has 1 saturated heterocycles. The largest absolute Gasteiger partial charge is 0.481 e. The van der Waals surface area contributed by atoms with Gasteiger partial charge in [0, 0.05) is 39.9 Å². The van der Waals surface area contributed by atoms with Gasteiger partial charge in [0.1, 0.15) is 11.0 Å². The first-order chi connectivity index (χ1) is 12.6. The van der Waals surface area contributed by atoms with E-state index in [2.05, 4.69) is 9.71 Å². The van der Waals surface area contributed by atoms with E-state index < -0.39 is 10.0 Å². The number of nitrogens with zero attached hydrogens (tertiary/aromatic N) is 1. The van der Waals surface area contributed by atoms with Gasteiger partial charge in [0.15, 0.2) is 0 Å². The molecule has 0 aliphatic carbocycles. The third kappa shape index (κ3) is 3.21. The Morgan fingerprint density at radius 2 is 2.12 bits per heavy atom. The Morgan fingerprint density at radius 3 is 2.88 bits per heavy atom. The molecule has 3 aromatic rings. The van der Waals surface area contributed by atoms with E-state index in [1.54, 1.807) is 24.8 Å². The van der Waals surface area contributed by atoms with E-state index in [9.17, 15) is 8.42 Å². The number of nitrogens with one attached hydrogen (secondary N) is 1. The second-order valence-electron chi connectivity index (χ2n) is 6.04. The van der Waals surface area contributed by atoms with Gasteiger partial charge in [-0.2, -0.15) is 0 Å². The molecule has 1 N–H and O–H groups in total. The van der Waals surface area contributed by atoms with Crippen LogP contribution in [0.1, 0.15) is 18.1 Å². The molecule has 1 aliphatic rings. The van der Waals surface area contributed by atoms with Crippen LogP contribution in [0.2, 0.25) is 0 Å². The summed E-state index contributed by atoms with van der Waals surface area (Å²) >= 11 is 1.43. The molecule has 6 nitrogen and oxygen atoms in total. The first-order valence-corrected chi connectivity index (χ1v) is 10.5. The van der Waals surface area contributed by atoms with Crippen molar-refractivity contribution in [3.8, 4) is 5.88 Å². The number of rotatable bonds is 5. The lowest BCUT2D eigenvalue weighted by Crippen LogP contribution is -2.36. The molecular formula is C18H18N2O4S2. The number of fused-ring (bicyclic) bond motifs is 1. The van der Waals surface area contributed by atoms with Gasteiger partial charge in [0.2, 0.25) is 15.9 Å². The molecule has 136 valence electrons. The standard InChI is InChI=1S/C18H18N2O4S2/c1-23-17-7-6-12(10-19-17)18-14(8-9-24-18)20-26(21,22)16-11-25-15-5-3-2-4-13(15)16/h2-7,10-11,14,18,20H,8-9H2,1H3/t14-,18+/m0/s1. The summed E-state index contributed by atoms with van der Waals surface area (Å²) < 4.78 is 40.5. The Morgan fingerprint density at radius 1 is 1.27 bits per heavy atom. The van der Waals surface area contributed by atoms with Crippen LogP contribution in [0.15, 0.2) is 52.9 Å². The number of methoxy groups -OCH3 is 1. The highest BCUT2D eigenvalue weighted by Crippen LogP contribution is 2.33. The SMILES string of the molecule is COc1ccc([C@H]2OCC[C@@H]2NS(=O)(=O)c2csc3ccccc23)cn1. The number of ether oxygens (including phenoxy) is 2. The lowest BCUT2D eigenvalue weighted by molar-refractivity contribution is 0.102. The number of hydrogen-bond acceptors (Lipinski definition) is 6. The molecule has 1 aromatic carbocycles. The maximum atomic E-state index is 12.9. The summed E-state index contributed by atoms with van der Waals surface area (Å²) in [7, 11) is -2.09. The second kappa shape index (κ2) is 6.96. The zero-order valence-electron chi connectivity index (χ0n) is 14.1. The van der Waals surface area contributed by atoms with E-state index >= 15 is 0 Å². The summed E-state index contributed by atoms with van der Waals surface area (Å²) in [6.07, 6.45) is 1.90. The predicted molar refractivity (Wildman–Crippen MR) is 100 cm³/mol. The van der Waals surface area contributed by atoms with Crippen molar-refractivity contribution in [3.63, 3.8) is 0 Å². The Bertz CT molecular complexity index is 1020. The van der Waals surface area contributed by atoms with Crippen molar-refractivity contribution in [2.24, 2.45) is 0 Å². The lowest BCUT2D eigenvalue weighted by Gasteiger charge is -2.20. The van der Waals surface area contributed by atoms with Gasteiger partial charge >= 0.3 is 0 Å². The number of aromatic nitrogens is 1. The van der Waals surface area contributed by atoms with E-state index in [0.29, 0.717) is 23.8 Å². The number of hydrogen-bond donors (Lipinski definition) is 1. The summed E-state index contributed by atoms with van der Waals surface area (Å²) in [5, 5.41) is 2.43. The minimum atomic E-state index is -3.65. The summed E-state index contributed by atoms with van der Waals surface area (Å²) in [4.78, 5) is 4.50. The molecule has 8 heteroatoms. The zero-order chi connectivity index (χ0) is 18.1. The summed E-state index contributed by atoms with van der Waals surface area (Å²) in [6, 6.07) is 10.8. The van der Waals surface area contributed by atoms with Crippen molar-refractivity contribution in [3.05, 3.63) is 53.5 Å². The van der Waals surface area contributed by atoms with Gasteiger partial charge in [-0.3, -0.25) is 0 Å². The van der Waals surface area contributed by atoms with Gasteiger partial charge in [-0.1, -0.05) is 18.2 Å². The van der Waals surface area contributed by atoms with E-state index in [4.69, 9.17) is 9.47 Å². The first kappa shape index (κ1) is 17.4. The number of thiophene rings is 1. The van der Waals surface area contributed by atoms with Gasteiger partial charge < -0.3 is 9.47 Å². The third-order valence-corrected chi connectivity index (χ3v) is 7.07. The fraction of sp³-hybridized carbons (Fsp3) is 0.278. The molecule has 0 unspecified atom stereocenters. The van der Waals surface area contributed by atoms with Crippen molar-refractivity contribution >= 4 is 31.4 Å². The van der Waals surface area contributed by atoms with Gasteiger partial charge in [0.05, 0.1) is 13.2 Å². The van der Waals surface area contributed by atoms with Gasteiger partial charge in [-0.15, -0.1) is 11.3 Å².